The van der Waals surface area contributed by atoms with Gasteiger partial charge in [0.2, 0.25) is 5.91 Å². The van der Waals surface area contributed by atoms with Crippen molar-refractivity contribution in [1.29, 1.82) is 0 Å². The van der Waals surface area contributed by atoms with Crippen molar-refractivity contribution in [3.63, 3.8) is 0 Å². The highest BCUT2D eigenvalue weighted by Crippen LogP contribution is 2.23. The summed E-state index contributed by atoms with van der Waals surface area (Å²) < 4.78 is 0. The quantitative estimate of drug-likeness (QED) is 0.866. The van der Waals surface area contributed by atoms with Crippen LogP contribution in [0.5, 0.6) is 0 Å². The first kappa shape index (κ1) is 15.4. The molecule has 2 rings (SSSR count). The Morgan fingerprint density at radius 1 is 1.38 bits per heavy atom. The molecule has 0 saturated heterocycles. The van der Waals surface area contributed by atoms with E-state index in [1.54, 1.807) is 11.9 Å². The van der Waals surface area contributed by atoms with Crippen LogP contribution < -0.4 is 10.6 Å². The van der Waals surface area contributed by atoms with Gasteiger partial charge in [-0.05, 0) is 43.0 Å². The Balaban J connectivity index is 2.17. The number of anilines is 1. The molecule has 2 amide bonds. The van der Waals surface area contributed by atoms with Crippen LogP contribution in [0.4, 0.5) is 5.69 Å². The average molecular weight is 289 g/mol. The van der Waals surface area contributed by atoms with E-state index in [1.165, 1.54) is 5.56 Å². The number of nitrogens with one attached hydrogen (secondary N) is 2. The lowest BCUT2D eigenvalue weighted by molar-refractivity contribution is -0.121. The first-order chi connectivity index (χ1) is 10.2. The zero-order valence-electron chi connectivity index (χ0n) is 12.7. The van der Waals surface area contributed by atoms with Gasteiger partial charge >= 0.3 is 0 Å². The van der Waals surface area contributed by atoms with Crippen LogP contribution in [-0.2, 0) is 11.2 Å². The Labute approximate surface area is 125 Å². The largest absolute Gasteiger partial charge is 0.385 e. The lowest BCUT2D eigenvalue weighted by Crippen LogP contribution is -2.40. The summed E-state index contributed by atoms with van der Waals surface area (Å²) in [6.45, 7) is 3.68. The minimum absolute atomic E-state index is 0.0752. The van der Waals surface area contributed by atoms with E-state index in [-0.39, 0.29) is 18.4 Å². The summed E-state index contributed by atoms with van der Waals surface area (Å²) in [7, 11) is 1.58. The Hall–Kier alpha value is -2.04. The number of nitrogens with zero attached hydrogens (tertiary/aromatic N) is 1. The van der Waals surface area contributed by atoms with Gasteiger partial charge in [0.15, 0.2) is 0 Å². The van der Waals surface area contributed by atoms with Crippen molar-refractivity contribution in [2.45, 2.75) is 26.2 Å². The lowest BCUT2D eigenvalue weighted by atomic mass is 10.0. The molecule has 1 aromatic rings. The highest BCUT2D eigenvalue weighted by atomic mass is 16.2. The van der Waals surface area contributed by atoms with E-state index in [0.29, 0.717) is 12.1 Å². The van der Waals surface area contributed by atoms with Gasteiger partial charge in [-0.3, -0.25) is 9.59 Å². The number of hydrogen-bond acceptors (Lipinski definition) is 3. The third-order valence-corrected chi connectivity index (χ3v) is 3.68. The smallest absolute Gasteiger partial charge is 0.254 e. The number of carbonyl (C=O) groups excluding carboxylic acids is 2. The third-order valence-electron chi connectivity index (χ3n) is 3.68. The number of aryl methyl sites for hydroxylation is 1. The van der Waals surface area contributed by atoms with Crippen molar-refractivity contribution < 1.29 is 9.59 Å². The average Bonchev–Trinajstić information content (AvgIpc) is 2.53. The molecule has 2 N–H and O–H groups in total. The number of carbonyl (C=O) groups is 2. The second-order valence-electron chi connectivity index (χ2n) is 5.30. The molecule has 1 aromatic carbocycles. The molecule has 0 saturated carbocycles. The molecule has 0 fully saturated rings. The molecular formula is C16H23N3O2. The maximum Gasteiger partial charge on any atom is 0.254 e. The molecule has 1 heterocycles. The molecule has 1 aliphatic heterocycles. The normalized spacial score (nSPS) is 13.0. The third kappa shape index (κ3) is 3.74. The molecule has 0 spiro atoms. The van der Waals surface area contributed by atoms with Gasteiger partial charge in [-0.15, -0.1) is 0 Å². The molecule has 5 nitrogen and oxygen atoms in total. The summed E-state index contributed by atoms with van der Waals surface area (Å²) in [5.74, 6) is -0.217. The van der Waals surface area contributed by atoms with Gasteiger partial charge in [0.1, 0.15) is 0 Å². The van der Waals surface area contributed by atoms with Crippen molar-refractivity contribution in [1.82, 2.24) is 10.2 Å². The van der Waals surface area contributed by atoms with Crippen LogP contribution in [0, 0.1) is 0 Å². The topological polar surface area (TPSA) is 61.4 Å². The summed E-state index contributed by atoms with van der Waals surface area (Å²) in [6.07, 6.45) is 2.91. The highest BCUT2D eigenvalue weighted by molar-refractivity contribution is 5.97. The first-order valence-corrected chi connectivity index (χ1v) is 7.52. The second kappa shape index (κ2) is 7.11. The number of amides is 2. The predicted octanol–water partition coefficient (Wildman–Crippen LogP) is 1.64. The molecular weight excluding hydrogens is 266 g/mol. The van der Waals surface area contributed by atoms with Gasteiger partial charge in [-0.1, -0.05) is 6.92 Å². The summed E-state index contributed by atoms with van der Waals surface area (Å²) in [5.41, 5.74) is 2.96. The molecule has 0 aliphatic carbocycles. The Morgan fingerprint density at radius 2 is 2.19 bits per heavy atom. The maximum atomic E-state index is 12.6. The fourth-order valence-electron chi connectivity index (χ4n) is 2.57. The number of hydrogen-bond donors (Lipinski definition) is 2. The lowest BCUT2D eigenvalue weighted by Gasteiger charge is -2.23. The molecule has 0 radical (unpaired) electrons. The molecule has 114 valence electrons. The van der Waals surface area contributed by atoms with Gasteiger partial charge in [-0.2, -0.15) is 0 Å². The maximum absolute atomic E-state index is 12.6. The van der Waals surface area contributed by atoms with Crippen LogP contribution in [0.3, 0.4) is 0 Å². The molecule has 0 unspecified atom stereocenters. The van der Waals surface area contributed by atoms with Gasteiger partial charge in [0.25, 0.3) is 5.91 Å². The first-order valence-electron chi connectivity index (χ1n) is 7.52. The molecule has 21 heavy (non-hydrogen) atoms. The summed E-state index contributed by atoms with van der Waals surface area (Å²) in [4.78, 5) is 25.8. The Morgan fingerprint density at radius 3 is 2.90 bits per heavy atom. The Kier molecular flexibility index (Phi) is 5.20. The van der Waals surface area contributed by atoms with E-state index in [0.717, 1.165) is 31.5 Å². The fourth-order valence-corrected chi connectivity index (χ4v) is 2.57. The van der Waals surface area contributed by atoms with Crippen LogP contribution >= 0.6 is 0 Å². The van der Waals surface area contributed by atoms with Gasteiger partial charge in [0.05, 0.1) is 6.54 Å². The van der Waals surface area contributed by atoms with E-state index in [9.17, 15) is 9.59 Å². The van der Waals surface area contributed by atoms with E-state index in [1.807, 2.05) is 25.1 Å². The van der Waals surface area contributed by atoms with Gasteiger partial charge in [0, 0.05) is 31.4 Å². The van der Waals surface area contributed by atoms with E-state index in [4.69, 9.17) is 0 Å². The van der Waals surface area contributed by atoms with E-state index >= 15 is 0 Å². The van der Waals surface area contributed by atoms with Crippen LogP contribution in [0.15, 0.2) is 18.2 Å². The minimum Gasteiger partial charge on any atom is -0.385 e. The van der Waals surface area contributed by atoms with Crippen LogP contribution in [0.2, 0.25) is 0 Å². The summed E-state index contributed by atoms with van der Waals surface area (Å²) >= 11 is 0. The van der Waals surface area contributed by atoms with Crippen molar-refractivity contribution in [2.75, 3.05) is 32.0 Å². The number of benzene rings is 1. The number of fused-ring (bicyclic) bond motifs is 1. The minimum atomic E-state index is -0.142. The van der Waals surface area contributed by atoms with Crippen molar-refractivity contribution in [3.05, 3.63) is 29.3 Å². The molecule has 5 heteroatoms. The van der Waals surface area contributed by atoms with Gasteiger partial charge < -0.3 is 15.5 Å². The fraction of sp³-hybridized carbons (Fsp3) is 0.500. The predicted molar refractivity (Wildman–Crippen MR) is 83.5 cm³/mol. The van der Waals surface area contributed by atoms with Crippen molar-refractivity contribution >= 4 is 17.5 Å². The molecule has 0 aromatic heterocycles. The van der Waals surface area contributed by atoms with E-state index < -0.39 is 0 Å². The van der Waals surface area contributed by atoms with Crippen molar-refractivity contribution in [2.24, 2.45) is 0 Å². The van der Waals surface area contributed by atoms with Gasteiger partial charge in [-0.25, -0.2) is 0 Å². The second-order valence-corrected chi connectivity index (χ2v) is 5.30. The summed E-state index contributed by atoms with van der Waals surface area (Å²) in [6, 6.07) is 5.76. The molecule has 1 aliphatic rings. The highest BCUT2D eigenvalue weighted by Gasteiger charge is 2.19. The van der Waals surface area contributed by atoms with Crippen LogP contribution in [-0.4, -0.2) is 43.4 Å². The monoisotopic (exact) mass is 289 g/mol. The standard InChI is InChI=1S/C16H23N3O2/c1-3-9-19(11-15(20)17-2)16(21)13-6-7-14-12(10-13)5-4-8-18-14/h6-7,10,18H,3-5,8-9,11H2,1-2H3,(H,17,20). The zero-order valence-corrected chi connectivity index (χ0v) is 12.7. The number of likely N-dealkylation sites (N-methyl/N-ethyl adjacent to an activating group) is 1. The molecule has 0 bridgehead atoms. The van der Waals surface area contributed by atoms with Crippen molar-refractivity contribution in [3.8, 4) is 0 Å². The number of rotatable bonds is 5. The van der Waals surface area contributed by atoms with E-state index in [2.05, 4.69) is 10.6 Å². The van der Waals surface area contributed by atoms with Crippen LogP contribution in [0.1, 0.15) is 35.7 Å². The molecule has 0 atom stereocenters. The summed E-state index contributed by atoms with van der Waals surface area (Å²) in [5, 5.41) is 5.90. The Bertz CT molecular complexity index is 528. The zero-order chi connectivity index (χ0) is 15.2. The van der Waals surface area contributed by atoms with Crippen LogP contribution in [0.25, 0.3) is 0 Å². The SMILES string of the molecule is CCCN(CC(=O)NC)C(=O)c1ccc2c(c1)CCCN2.